The molecular formula is C29H32F6N4O9. The highest BCUT2D eigenvalue weighted by molar-refractivity contribution is 6.08. The van der Waals surface area contributed by atoms with Crippen LogP contribution in [0, 0.1) is 0 Å². The van der Waals surface area contributed by atoms with Crippen molar-refractivity contribution in [3.63, 3.8) is 0 Å². The normalized spacial score (nSPS) is 10.9. The minimum absolute atomic E-state index is 0.144. The first-order valence-corrected chi connectivity index (χ1v) is 13.5. The molecule has 6 N–H and O–H groups in total. The van der Waals surface area contributed by atoms with Gasteiger partial charge >= 0.3 is 30.3 Å². The highest BCUT2D eigenvalue weighted by Crippen LogP contribution is 2.37. The molecule has 13 nitrogen and oxygen atoms in total. The molecule has 1 aromatic heterocycles. The summed E-state index contributed by atoms with van der Waals surface area (Å²) in [6, 6.07) is 11.5. The van der Waals surface area contributed by atoms with Gasteiger partial charge in [0.1, 0.15) is 0 Å². The molecule has 0 spiro atoms. The third kappa shape index (κ3) is 13.2. The summed E-state index contributed by atoms with van der Waals surface area (Å²) in [5.74, 6) is -5.38. The van der Waals surface area contributed by atoms with Crippen molar-refractivity contribution in [2.24, 2.45) is 5.73 Å². The number of carboxylic acids is 2. The van der Waals surface area contributed by atoms with E-state index in [1.54, 1.807) is 19.2 Å². The highest BCUT2D eigenvalue weighted by Gasteiger charge is 2.38. The van der Waals surface area contributed by atoms with Gasteiger partial charge in [0.2, 0.25) is 0 Å². The van der Waals surface area contributed by atoms with Crippen LogP contribution < -0.4 is 25.8 Å². The number of hydrogen-bond acceptors (Lipinski definition) is 10. The number of halogens is 6. The maximum absolute atomic E-state index is 12.2. The van der Waals surface area contributed by atoms with Crippen molar-refractivity contribution in [1.29, 1.82) is 0 Å². The fourth-order valence-electron chi connectivity index (χ4n) is 3.52. The number of rotatable bonds is 12. The Morgan fingerprint density at radius 3 is 2.02 bits per heavy atom. The number of ether oxygens (including phenoxy) is 3. The SMILES string of the molecule is CCc1ccccc1Nc1c(C(N)=O)cnc2cc(OC)c(OCCCNCC(=O)OC)cc12.O=C(O)C(F)(F)F.O=C(O)C(F)(F)F. The van der Waals surface area contributed by atoms with Crippen molar-refractivity contribution in [3.05, 3.63) is 53.7 Å². The zero-order valence-corrected chi connectivity index (χ0v) is 25.6. The number of para-hydroxylation sites is 1. The lowest BCUT2D eigenvalue weighted by molar-refractivity contribution is -0.193. The second kappa shape index (κ2) is 18.7. The van der Waals surface area contributed by atoms with Gasteiger partial charge < -0.3 is 40.8 Å². The standard InChI is InChI=1S/C25H30N4O5.2C2HF3O2/c1-4-16-8-5-6-9-19(16)29-24-17-12-22(34-11-7-10-27-15-23(30)33-3)21(32-2)13-20(17)28-14-18(24)25(26)31;2*3-2(4,5)1(6)7/h5-6,8-9,12-14,27H,4,7,10-11,15H2,1-3H3,(H2,26,31)(H,28,29);2*(H,6,7). The first-order chi connectivity index (χ1) is 22.4. The van der Waals surface area contributed by atoms with Gasteiger partial charge in [-0.25, -0.2) is 9.59 Å². The molecular weight excluding hydrogens is 662 g/mol. The monoisotopic (exact) mass is 694 g/mol. The largest absolute Gasteiger partial charge is 0.493 e. The Bertz CT molecular complexity index is 1540. The number of benzene rings is 2. The van der Waals surface area contributed by atoms with Gasteiger partial charge in [0, 0.05) is 23.3 Å². The molecule has 48 heavy (non-hydrogen) atoms. The molecule has 2 aromatic carbocycles. The van der Waals surface area contributed by atoms with Gasteiger partial charge in [0.15, 0.2) is 11.5 Å². The number of primary amides is 1. The molecule has 0 aliphatic rings. The average molecular weight is 695 g/mol. The van der Waals surface area contributed by atoms with Gasteiger partial charge in [-0.3, -0.25) is 14.6 Å². The molecule has 0 aliphatic carbocycles. The van der Waals surface area contributed by atoms with Crippen molar-refractivity contribution in [1.82, 2.24) is 10.3 Å². The van der Waals surface area contributed by atoms with Crippen LogP contribution in [-0.2, 0) is 25.5 Å². The Morgan fingerprint density at radius 2 is 1.52 bits per heavy atom. The molecule has 3 rings (SSSR count). The van der Waals surface area contributed by atoms with Gasteiger partial charge in [-0.05, 0) is 37.1 Å². The van der Waals surface area contributed by atoms with Gasteiger partial charge in [-0.15, -0.1) is 0 Å². The summed E-state index contributed by atoms with van der Waals surface area (Å²) < 4.78 is 79.5. The van der Waals surface area contributed by atoms with Gasteiger partial charge in [0.25, 0.3) is 5.91 Å². The van der Waals surface area contributed by atoms with Gasteiger partial charge in [0.05, 0.1) is 44.1 Å². The molecule has 0 radical (unpaired) electrons. The number of carbonyl (C=O) groups excluding carboxylic acids is 2. The number of pyridine rings is 1. The minimum atomic E-state index is -5.08. The van der Waals surface area contributed by atoms with Crippen LogP contribution in [0.3, 0.4) is 0 Å². The van der Waals surface area contributed by atoms with Crippen molar-refractivity contribution >= 4 is 46.1 Å². The van der Waals surface area contributed by atoms with E-state index < -0.39 is 30.2 Å². The number of anilines is 2. The Kier molecular flexibility index (Phi) is 15.9. The lowest BCUT2D eigenvalue weighted by Crippen LogP contribution is -2.25. The molecule has 0 unspecified atom stereocenters. The number of carboxylic acid groups (broad SMARTS) is 2. The molecule has 0 saturated carbocycles. The van der Waals surface area contributed by atoms with E-state index in [2.05, 4.69) is 27.3 Å². The second-order valence-corrected chi connectivity index (χ2v) is 9.13. The van der Waals surface area contributed by atoms with E-state index in [9.17, 15) is 35.9 Å². The van der Waals surface area contributed by atoms with Crippen LogP contribution in [-0.4, -0.2) is 85.3 Å². The number of fused-ring (bicyclic) bond motifs is 1. The van der Waals surface area contributed by atoms with Crippen molar-refractivity contribution < 1.29 is 69.9 Å². The highest BCUT2D eigenvalue weighted by atomic mass is 19.4. The second-order valence-electron chi connectivity index (χ2n) is 9.13. The van der Waals surface area contributed by atoms with Crippen LogP contribution in [0.2, 0.25) is 0 Å². The van der Waals surface area contributed by atoms with Gasteiger partial charge in [-0.1, -0.05) is 25.1 Å². The summed E-state index contributed by atoms with van der Waals surface area (Å²) in [6.45, 7) is 3.18. The van der Waals surface area contributed by atoms with Crippen LogP contribution in [0.15, 0.2) is 42.6 Å². The molecule has 1 amide bonds. The van der Waals surface area contributed by atoms with Crippen molar-refractivity contribution in [2.75, 3.05) is 39.2 Å². The number of amides is 1. The lowest BCUT2D eigenvalue weighted by Gasteiger charge is -2.17. The Balaban J connectivity index is 0.000000687. The summed E-state index contributed by atoms with van der Waals surface area (Å²) in [5, 5.41) is 21.3. The summed E-state index contributed by atoms with van der Waals surface area (Å²) in [5.41, 5.74) is 9.13. The number of hydrogen-bond donors (Lipinski definition) is 5. The lowest BCUT2D eigenvalue weighted by atomic mass is 10.1. The number of aliphatic carboxylic acids is 2. The average Bonchev–Trinajstić information content (AvgIpc) is 3.02. The summed E-state index contributed by atoms with van der Waals surface area (Å²) in [4.78, 5) is 45.6. The maximum atomic E-state index is 12.2. The third-order valence-corrected chi connectivity index (χ3v) is 5.81. The number of carbonyl (C=O) groups is 4. The van der Waals surface area contributed by atoms with E-state index in [-0.39, 0.29) is 18.1 Å². The van der Waals surface area contributed by atoms with Crippen LogP contribution in [0.4, 0.5) is 37.7 Å². The number of alkyl halides is 6. The molecule has 0 fully saturated rings. The Morgan fingerprint density at radius 1 is 0.938 bits per heavy atom. The van der Waals surface area contributed by atoms with E-state index in [1.807, 2.05) is 24.3 Å². The quantitative estimate of drug-likeness (QED) is 0.102. The number of methoxy groups -OCH3 is 2. The molecule has 3 aromatic rings. The molecule has 264 valence electrons. The fraction of sp³-hybridized carbons (Fsp3) is 0.345. The van der Waals surface area contributed by atoms with Crippen LogP contribution in [0.1, 0.15) is 29.3 Å². The maximum Gasteiger partial charge on any atom is 0.490 e. The predicted octanol–water partition coefficient (Wildman–Crippen LogP) is 4.45. The fourth-order valence-corrected chi connectivity index (χ4v) is 3.52. The molecule has 1 heterocycles. The minimum Gasteiger partial charge on any atom is -0.493 e. The zero-order valence-electron chi connectivity index (χ0n) is 25.6. The summed E-state index contributed by atoms with van der Waals surface area (Å²) >= 11 is 0. The number of nitrogens with two attached hydrogens (primary N) is 1. The smallest absolute Gasteiger partial charge is 0.490 e. The molecule has 0 bridgehead atoms. The first kappa shape index (κ1) is 40.7. The van der Waals surface area contributed by atoms with E-state index in [4.69, 9.17) is 35.0 Å². The number of aromatic nitrogens is 1. The number of esters is 1. The topological polar surface area (TPSA) is 199 Å². The van der Waals surface area contributed by atoms with Crippen LogP contribution in [0.25, 0.3) is 10.9 Å². The Labute approximate surface area is 269 Å². The van der Waals surface area contributed by atoms with Crippen LogP contribution in [0.5, 0.6) is 11.5 Å². The molecule has 0 saturated heterocycles. The predicted molar refractivity (Wildman–Crippen MR) is 158 cm³/mol. The number of nitrogens with one attached hydrogen (secondary N) is 2. The Hall–Kier alpha value is -5.33. The first-order valence-electron chi connectivity index (χ1n) is 13.5. The molecule has 19 heteroatoms. The summed E-state index contributed by atoms with van der Waals surface area (Å²) in [6.07, 6.45) is -7.22. The van der Waals surface area contributed by atoms with E-state index in [0.29, 0.717) is 47.7 Å². The summed E-state index contributed by atoms with van der Waals surface area (Å²) in [7, 11) is 2.90. The van der Waals surface area contributed by atoms with E-state index in [1.165, 1.54) is 13.3 Å². The number of aryl methyl sites for hydroxylation is 1. The zero-order chi connectivity index (χ0) is 36.7. The third-order valence-electron chi connectivity index (χ3n) is 5.81. The van der Waals surface area contributed by atoms with Crippen molar-refractivity contribution in [3.8, 4) is 11.5 Å². The van der Waals surface area contributed by atoms with E-state index in [0.717, 1.165) is 17.7 Å². The van der Waals surface area contributed by atoms with E-state index >= 15 is 0 Å². The molecule has 0 aliphatic heterocycles. The number of nitrogens with zero attached hydrogens (tertiary/aromatic N) is 1. The van der Waals surface area contributed by atoms with Gasteiger partial charge in [-0.2, -0.15) is 26.3 Å². The van der Waals surface area contributed by atoms with Crippen LogP contribution >= 0.6 is 0 Å². The molecule has 0 atom stereocenters. The van der Waals surface area contributed by atoms with Crippen molar-refractivity contribution in [2.45, 2.75) is 32.1 Å².